The summed E-state index contributed by atoms with van der Waals surface area (Å²) in [6.45, 7) is 7.26. The lowest BCUT2D eigenvalue weighted by molar-refractivity contribution is 0.128. The summed E-state index contributed by atoms with van der Waals surface area (Å²) in [5.74, 6) is 2.66. The van der Waals surface area contributed by atoms with Crippen molar-refractivity contribution in [3.8, 4) is 0 Å². The Hall–Kier alpha value is 0.270. The molecule has 2 rings (SSSR count). The van der Waals surface area contributed by atoms with Crippen LogP contribution >= 0.6 is 11.8 Å². The third-order valence-corrected chi connectivity index (χ3v) is 5.29. The van der Waals surface area contributed by atoms with Crippen LogP contribution in [0.25, 0.3) is 0 Å². The number of likely N-dealkylation sites (tertiary alicyclic amines) is 1. The molecule has 0 aliphatic carbocycles. The van der Waals surface area contributed by atoms with Crippen LogP contribution in [0.1, 0.15) is 33.1 Å². The first-order valence-corrected chi connectivity index (χ1v) is 7.30. The van der Waals surface area contributed by atoms with Crippen molar-refractivity contribution in [2.75, 3.05) is 24.6 Å². The van der Waals surface area contributed by atoms with Crippen LogP contribution in [0, 0.1) is 5.41 Å². The van der Waals surface area contributed by atoms with Crippen molar-refractivity contribution in [3.63, 3.8) is 0 Å². The number of rotatable bonds is 1. The highest BCUT2D eigenvalue weighted by Gasteiger charge is 2.32. The van der Waals surface area contributed by atoms with Gasteiger partial charge in [-0.3, -0.25) is 4.90 Å². The predicted octanol–water partition coefficient (Wildman–Crippen LogP) is 1.94. The lowest BCUT2D eigenvalue weighted by Gasteiger charge is -2.43. The smallest absolute Gasteiger partial charge is 0.0191 e. The molecule has 0 aromatic carbocycles. The molecule has 0 radical (unpaired) electrons. The number of nitrogens with two attached hydrogens (primary N) is 1. The molecule has 1 unspecified atom stereocenters. The van der Waals surface area contributed by atoms with Gasteiger partial charge in [-0.25, -0.2) is 0 Å². The van der Waals surface area contributed by atoms with Gasteiger partial charge in [-0.1, -0.05) is 13.8 Å². The van der Waals surface area contributed by atoms with Gasteiger partial charge in [0, 0.05) is 17.8 Å². The Bertz CT molecular complexity index is 210. The Morgan fingerprint density at radius 3 is 2.53 bits per heavy atom. The first kappa shape index (κ1) is 11.7. The number of piperidine rings is 1. The summed E-state index contributed by atoms with van der Waals surface area (Å²) in [6, 6.07) is 1.27. The topological polar surface area (TPSA) is 29.3 Å². The van der Waals surface area contributed by atoms with Crippen LogP contribution in [-0.2, 0) is 0 Å². The van der Waals surface area contributed by atoms with Gasteiger partial charge in [0.25, 0.3) is 0 Å². The molecule has 2 nitrogen and oxygen atoms in total. The summed E-state index contributed by atoms with van der Waals surface area (Å²) in [4.78, 5) is 2.68. The van der Waals surface area contributed by atoms with E-state index in [0.29, 0.717) is 11.5 Å². The highest BCUT2D eigenvalue weighted by atomic mass is 32.2. The van der Waals surface area contributed by atoms with E-state index in [0.717, 1.165) is 6.04 Å². The molecule has 3 heteroatoms. The van der Waals surface area contributed by atoms with E-state index >= 15 is 0 Å². The molecule has 0 bridgehead atoms. The van der Waals surface area contributed by atoms with Crippen LogP contribution in [0.3, 0.4) is 0 Å². The van der Waals surface area contributed by atoms with Gasteiger partial charge in [-0.2, -0.15) is 11.8 Å². The monoisotopic (exact) mass is 228 g/mol. The SMILES string of the molecule is CC1(C)CSCC(N2CCC(N)CC2)C1. The summed E-state index contributed by atoms with van der Waals surface area (Å²) in [5.41, 5.74) is 6.48. The van der Waals surface area contributed by atoms with Gasteiger partial charge in [0.1, 0.15) is 0 Å². The molecular formula is C12H24N2S. The van der Waals surface area contributed by atoms with Crippen molar-refractivity contribution in [1.82, 2.24) is 4.90 Å². The lowest BCUT2D eigenvalue weighted by atomic mass is 9.86. The molecular weight excluding hydrogens is 204 g/mol. The van der Waals surface area contributed by atoms with E-state index < -0.39 is 0 Å². The van der Waals surface area contributed by atoms with E-state index in [2.05, 4.69) is 30.5 Å². The minimum atomic E-state index is 0.463. The molecule has 2 heterocycles. The van der Waals surface area contributed by atoms with Crippen molar-refractivity contribution < 1.29 is 0 Å². The van der Waals surface area contributed by atoms with Gasteiger partial charge in [0.15, 0.2) is 0 Å². The maximum Gasteiger partial charge on any atom is 0.0191 e. The van der Waals surface area contributed by atoms with Gasteiger partial charge in [-0.05, 0) is 43.5 Å². The molecule has 0 amide bonds. The number of hydrogen-bond donors (Lipinski definition) is 1. The second-order valence-electron chi connectivity index (χ2n) is 5.91. The zero-order chi connectivity index (χ0) is 10.9. The van der Waals surface area contributed by atoms with Gasteiger partial charge >= 0.3 is 0 Å². The molecule has 2 fully saturated rings. The van der Waals surface area contributed by atoms with Gasteiger partial charge in [0.2, 0.25) is 0 Å². The van der Waals surface area contributed by atoms with Crippen molar-refractivity contribution >= 4 is 11.8 Å². The Morgan fingerprint density at radius 1 is 1.27 bits per heavy atom. The second kappa shape index (κ2) is 4.64. The fourth-order valence-electron chi connectivity index (χ4n) is 2.75. The molecule has 0 saturated carbocycles. The fourth-order valence-corrected chi connectivity index (χ4v) is 4.14. The third-order valence-electron chi connectivity index (χ3n) is 3.68. The van der Waals surface area contributed by atoms with Crippen molar-refractivity contribution in [1.29, 1.82) is 0 Å². The Kier molecular flexibility index (Phi) is 3.63. The predicted molar refractivity (Wildman–Crippen MR) is 68.3 cm³/mol. The normalized spacial score (nSPS) is 34.2. The van der Waals surface area contributed by atoms with Gasteiger partial charge < -0.3 is 5.73 Å². The number of nitrogens with zero attached hydrogens (tertiary/aromatic N) is 1. The molecule has 0 aromatic heterocycles. The van der Waals surface area contributed by atoms with Crippen LogP contribution in [0.15, 0.2) is 0 Å². The van der Waals surface area contributed by atoms with Crippen LogP contribution < -0.4 is 5.73 Å². The summed E-state index contributed by atoms with van der Waals surface area (Å²) in [7, 11) is 0. The maximum atomic E-state index is 5.95. The summed E-state index contributed by atoms with van der Waals surface area (Å²) in [5, 5.41) is 0. The summed E-state index contributed by atoms with van der Waals surface area (Å²) >= 11 is 2.13. The standard InChI is InChI=1S/C12H24N2S/c1-12(2)7-11(8-15-9-12)14-5-3-10(13)4-6-14/h10-11H,3-9,13H2,1-2H3. The highest BCUT2D eigenvalue weighted by Crippen LogP contribution is 2.36. The minimum absolute atomic E-state index is 0.463. The van der Waals surface area contributed by atoms with Crippen molar-refractivity contribution in [2.24, 2.45) is 11.1 Å². The fraction of sp³-hybridized carbons (Fsp3) is 1.00. The van der Waals surface area contributed by atoms with Crippen LogP contribution in [0.2, 0.25) is 0 Å². The molecule has 2 aliphatic rings. The molecule has 0 aromatic rings. The minimum Gasteiger partial charge on any atom is -0.328 e. The summed E-state index contributed by atoms with van der Waals surface area (Å²) < 4.78 is 0. The Balaban J connectivity index is 1.88. The van der Waals surface area contributed by atoms with E-state index in [4.69, 9.17) is 5.73 Å². The maximum absolute atomic E-state index is 5.95. The molecule has 0 spiro atoms. The number of thioether (sulfide) groups is 1. The van der Waals surface area contributed by atoms with E-state index in [9.17, 15) is 0 Å². The second-order valence-corrected chi connectivity index (χ2v) is 6.94. The molecule has 88 valence electrons. The van der Waals surface area contributed by atoms with Crippen molar-refractivity contribution in [3.05, 3.63) is 0 Å². The van der Waals surface area contributed by atoms with E-state index in [1.807, 2.05) is 0 Å². The Morgan fingerprint density at radius 2 is 1.93 bits per heavy atom. The van der Waals surface area contributed by atoms with Crippen molar-refractivity contribution in [2.45, 2.75) is 45.2 Å². The van der Waals surface area contributed by atoms with Crippen LogP contribution in [0.4, 0.5) is 0 Å². The van der Waals surface area contributed by atoms with Crippen LogP contribution in [0.5, 0.6) is 0 Å². The number of hydrogen-bond acceptors (Lipinski definition) is 3. The largest absolute Gasteiger partial charge is 0.328 e. The lowest BCUT2D eigenvalue weighted by Crippen LogP contribution is -2.49. The quantitative estimate of drug-likeness (QED) is 0.744. The summed E-state index contributed by atoms with van der Waals surface area (Å²) in [6.07, 6.45) is 3.76. The average molecular weight is 228 g/mol. The Labute approximate surface area is 98.0 Å². The van der Waals surface area contributed by atoms with E-state index in [1.165, 1.54) is 43.9 Å². The molecule has 1 atom stereocenters. The molecule has 2 saturated heterocycles. The molecule has 2 aliphatic heterocycles. The van der Waals surface area contributed by atoms with Gasteiger partial charge in [0.05, 0.1) is 0 Å². The van der Waals surface area contributed by atoms with E-state index in [1.54, 1.807) is 0 Å². The van der Waals surface area contributed by atoms with Crippen LogP contribution in [-0.4, -0.2) is 41.6 Å². The zero-order valence-electron chi connectivity index (χ0n) is 10.0. The zero-order valence-corrected chi connectivity index (χ0v) is 10.9. The third kappa shape index (κ3) is 3.11. The van der Waals surface area contributed by atoms with Gasteiger partial charge in [-0.15, -0.1) is 0 Å². The molecule has 2 N–H and O–H groups in total. The first-order chi connectivity index (χ1) is 7.07. The highest BCUT2D eigenvalue weighted by molar-refractivity contribution is 7.99. The molecule has 15 heavy (non-hydrogen) atoms. The first-order valence-electron chi connectivity index (χ1n) is 6.14. The van der Waals surface area contributed by atoms with E-state index in [-0.39, 0.29) is 0 Å². The average Bonchev–Trinajstić information content (AvgIpc) is 2.17.